The van der Waals surface area contributed by atoms with Gasteiger partial charge in [0.1, 0.15) is 5.78 Å². The van der Waals surface area contributed by atoms with Crippen LogP contribution in [0, 0.1) is 5.92 Å². The Labute approximate surface area is 154 Å². The lowest BCUT2D eigenvalue weighted by atomic mass is 9.97. The summed E-state index contributed by atoms with van der Waals surface area (Å²) in [6.45, 7) is -0.0487. The van der Waals surface area contributed by atoms with Crippen LogP contribution < -0.4 is 0 Å². The number of carbonyl (C=O) groups is 1. The maximum absolute atomic E-state index is 13.4. The second-order valence-electron chi connectivity index (χ2n) is 6.36. The Kier molecular flexibility index (Phi) is 5.35. The summed E-state index contributed by atoms with van der Waals surface area (Å²) in [6, 6.07) is 1.79. The number of nitrogens with zero attached hydrogens (tertiary/aromatic N) is 1. The van der Waals surface area contributed by atoms with Crippen LogP contribution in [0.15, 0.2) is 23.1 Å². The lowest BCUT2D eigenvalue weighted by Gasteiger charge is -2.37. The van der Waals surface area contributed by atoms with E-state index >= 15 is 0 Å². The molecule has 0 unspecified atom stereocenters. The number of hydrogen-bond acceptors (Lipinski definition) is 4. The molecule has 0 spiro atoms. The van der Waals surface area contributed by atoms with Crippen LogP contribution in [0.25, 0.3) is 0 Å². The molecule has 5 nitrogen and oxygen atoms in total. The van der Waals surface area contributed by atoms with E-state index in [4.69, 9.17) is 16.3 Å². The van der Waals surface area contributed by atoms with Crippen molar-refractivity contribution < 1.29 is 31.1 Å². The molecule has 144 valence electrons. The third kappa shape index (κ3) is 3.62. The van der Waals surface area contributed by atoms with E-state index in [2.05, 4.69) is 0 Å². The SMILES string of the molecule is O=C1CCC[C@H]1[C@H]1COCCN1S(=O)(=O)c1ccc(Cl)cc1C(F)(F)F. The topological polar surface area (TPSA) is 63.7 Å². The molecule has 3 rings (SSSR count). The molecule has 1 aliphatic heterocycles. The second-order valence-corrected chi connectivity index (χ2v) is 8.66. The quantitative estimate of drug-likeness (QED) is 0.766. The number of benzene rings is 1. The molecule has 1 aromatic rings. The minimum atomic E-state index is -4.88. The monoisotopic (exact) mass is 411 g/mol. The summed E-state index contributed by atoms with van der Waals surface area (Å²) >= 11 is 5.64. The number of ketones is 1. The van der Waals surface area contributed by atoms with Crippen LogP contribution in [0.5, 0.6) is 0 Å². The zero-order chi connectivity index (χ0) is 19.1. The smallest absolute Gasteiger partial charge is 0.378 e. The fourth-order valence-electron chi connectivity index (χ4n) is 3.55. The van der Waals surface area contributed by atoms with E-state index in [1.54, 1.807) is 0 Å². The first-order valence-electron chi connectivity index (χ1n) is 8.11. The number of sulfonamides is 1. The lowest BCUT2D eigenvalue weighted by molar-refractivity contribution is -0.140. The maximum Gasteiger partial charge on any atom is 0.417 e. The molecule has 0 bridgehead atoms. The van der Waals surface area contributed by atoms with Gasteiger partial charge in [0.25, 0.3) is 0 Å². The lowest BCUT2D eigenvalue weighted by Crippen LogP contribution is -2.53. The van der Waals surface area contributed by atoms with E-state index in [1.165, 1.54) is 0 Å². The van der Waals surface area contributed by atoms with Crippen LogP contribution in [-0.2, 0) is 25.7 Å². The molecule has 1 aromatic carbocycles. The Morgan fingerprint density at radius 2 is 2.00 bits per heavy atom. The van der Waals surface area contributed by atoms with Gasteiger partial charge in [0, 0.05) is 23.9 Å². The molecule has 1 saturated carbocycles. The number of Topliss-reactive ketones (excluding diaryl/α,β-unsaturated/α-hetero) is 1. The van der Waals surface area contributed by atoms with Gasteiger partial charge in [-0.1, -0.05) is 11.6 Å². The largest absolute Gasteiger partial charge is 0.417 e. The fraction of sp³-hybridized carbons (Fsp3) is 0.562. The van der Waals surface area contributed by atoms with Crippen LogP contribution in [0.2, 0.25) is 5.02 Å². The van der Waals surface area contributed by atoms with Crippen molar-refractivity contribution in [3.63, 3.8) is 0 Å². The van der Waals surface area contributed by atoms with Gasteiger partial charge in [-0.15, -0.1) is 0 Å². The van der Waals surface area contributed by atoms with E-state index < -0.39 is 38.6 Å². The van der Waals surface area contributed by atoms with Gasteiger partial charge in [0.15, 0.2) is 0 Å². The Balaban J connectivity index is 2.05. The van der Waals surface area contributed by atoms with E-state index in [0.717, 1.165) is 16.4 Å². The first-order chi connectivity index (χ1) is 12.1. The molecule has 2 atom stereocenters. The van der Waals surface area contributed by atoms with Crippen molar-refractivity contribution in [1.82, 2.24) is 4.31 Å². The average molecular weight is 412 g/mol. The first-order valence-corrected chi connectivity index (χ1v) is 9.93. The van der Waals surface area contributed by atoms with E-state index in [0.29, 0.717) is 25.3 Å². The van der Waals surface area contributed by atoms with Crippen molar-refractivity contribution in [3.05, 3.63) is 28.8 Å². The number of hydrogen-bond donors (Lipinski definition) is 0. The molecule has 1 heterocycles. The van der Waals surface area contributed by atoms with Crippen LogP contribution >= 0.6 is 11.6 Å². The van der Waals surface area contributed by atoms with Crippen LogP contribution in [-0.4, -0.2) is 44.3 Å². The normalized spacial score (nSPS) is 25.6. The number of halogens is 4. The van der Waals surface area contributed by atoms with Crippen LogP contribution in [0.1, 0.15) is 24.8 Å². The molecular formula is C16H17ClF3NO4S. The molecule has 10 heteroatoms. The van der Waals surface area contributed by atoms with E-state index in [1.807, 2.05) is 0 Å². The Morgan fingerprint density at radius 1 is 1.27 bits per heavy atom. The minimum Gasteiger partial charge on any atom is -0.378 e. The Bertz CT molecular complexity index is 812. The van der Waals surface area contributed by atoms with Gasteiger partial charge in [0.05, 0.1) is 29.7 Å². The van der Waals surface area contributed by atoms with Gasteiger partial charge in [-0.3, -0.25) is 4.79 Å². The van der Waals surface area contributed by atoms with Crippen LogP contribution in [0.4, 0.5) is 13.2 Å². The molecular weight excluding hydrogens is 395 g/mol. The van der Waals surface area contributed by atoms with Gasteiger partial charge in [-0.05, 0) is 31.0 Å². The number of ether oxygens (including phenoxy) is 1. The van der Waals surface area contributed by atoms with Crippen molar-refractivity contribution >= 4 is 27.4 Å². The number of morpholine rings is 1. The average Bonchev–Trinajstić information content (AvgIpc) is 2.99. The minimum absolute atomic E-state index is 0.00935. The fourth-order valence-corrected chi connectivity index (χ4v) is 5.54. The number of rotatable bonds is 3. The van der Waals surface area contributed by atoms with Crippen molar-refractivity contribution in [2.24, 2.45) is 5.92 Å². The molecule has 0 amide bonds. The highest BCUT2D eigenvalue weighted by Gasteiger charge is 2.45. The Hall–Kier alpha value is -1.16. The van der Waals surface area contributed by atoms with E-state index in [-0.39, 0.29) is 30.6 Å². The first kappa shape index (κ1) is 19.6. The van der Waals surface area contributed by atoms with Crippen molar-refractivity contribution in [2.45, 2.75) is 36.4 Å². The third-order valence-corrected chi connectivity index (χ3v) is 6.98. The van der Waals surface area contributed by atoms with Gasteiger partial charge < -0.3 is 4.74 Å². The summed E-state index contributed by atoms with van der Waals surface area (Å²) in [5.74, 6) is -0.625. The summed E-state index contributed by atoms with van der Waals surface area (Å²) in [4.78, 5) is 11.2. The summed E-state index contributed by atoms with van der Waals surface area (Å²) in [5.41, 5.74) is -1.31. The zero-order valence-corrected chi connectivity index (χ0v) is 15.2. The molecule has 0 radical (unpaired) electrons. The predicted octanol–water partition coefficient (Wildman–Crippen LogP) is 3.12. The van der Waals surface area contributed by atoms with Gasteiger partial charge >= 0.3 is 6.18 Å². The van der Waals surface area contributed by atoms with Crippen molar-refractivity contribution in [2.75, 3.05) is 19.8 Å². The molecule has 2 fully saturated rings. The molecule has 2 aliphatic rings. The van der Waals surface area contributed by atoms with Crippen LogP contribution in [0.3, 0.4) is 0 Å². The highest BCUT2D eigenvalue weighted by atomic mass is 35.5. The molecule has 1 saturated heterocycles. The van der Waals surface area contributed by atoms with E-state index in [9.17, 15) is 26.4 Å². The van der Waals surface area contributed by atoms with Gasteiger partial charge in [-0.25, -0.2) is 8.42 Å². The summed E-state index contributed by atoms with van der Waals surface area (Å²) < 4.78 is 72.5. The molecule has 0 aromatic heterocycles. The predicted molar refractivity (Wildman–Crippen MR) is 87.3 cm³/mol. The summed E-state index contributed by atoms with van der Waals surface area (Å²) in [5, 5.41) is -0.208. The third-order valence-electron chi connectivity index (χ3n) is 4.76. The second kappa shape index (κ2) is 7.10. The summed E-state index contributed by atoms with van der Waals surface area (Å²) in [7, 11) is -4.48. The Morgan fingerprint density at radius 3 is 2.62 bits per heavy atom. The molecule has 26 heavy (non-hydrogen) atoms. The van der Waals surface area contributed by atoms with Crippen molar-refractivity contribution in [3.8, 4) is 0 Å². The zero-order valence-electron chi connectivity index (χ0n) is 13.6. The number of carbonyl (C=O) groups excluding carboxylic acids is 1. The van der Waals surface area contributed by atoms with Gasteiger partial charge in [0.2, 0.25) is 10.0 Å². The maximum atomic E-state index is 13.4. The summed E-state index contributed by atoms with van der Waals surface area (Å²) in [6.07, 6.45) is -3.38. The van der Waals surface area contributed by atoms with Crippen molar-refractivity contribution in [1.29, 1.82) is 0 Å². The molecule has 1 aliphatic carbocycles. The number of alkyl halides is 3. The highest BCUT2D eigenvalue weighted by molar-refractivity contribution is 7.89. The molecule has 0 N–H and O–H groups in total. The highest BCUT2D eigenvalue weighted by Crippen LogP contribution is 2.39. The van der Waals surface area contributed by atoms with Gasteiger partial charge in [-0.2, -0.15) is 17.5 Å². The standard InChI is InChI=1S/C16H17ClF3NO4S/c17-10-4-5-15(12(8-10)16(18,19)20)26(23,24)21-6-7-25-9-13(21)11-2-1-3-14(11)22/h4-5,8,11,13H,1-3,6-7,9H2/t11-,13+/m0/s1.